The van der Waals surface area contributed by atoms with E-state index in [2.05, 4.69) is 9.97 Å². The smallest absolute Gasteiger partial charge is 0.329 e. The molecule has 0 amide bonds. The lowest BCUT2D eigenvalue weighted by atomic mass is 10.2. The highest BCUT2D eigenvalue weighted by atomic mass is 16.4. The second kappa shape index (κ2) is 4.13. The number of carboxylic acids is 1. The Balaban J connectivity index is 2.86. The predicted molar refractivity (Wildman–Crippen MR) is 62.6 cm³/mol. The number of hydrogen-bond acceptors (Lipinski definition) is 4. The summed E-state index contributed by atoms with van der Waals surface area (Å²) in [5, 5.41) is 9.11. The van der Waals surface area contributed by atoms with E-state index in [1.807, 2.05) is 0 Å². The van der Waals surface area contributed by atoms with Crippen molar-refractivity contribution in [1.29, 1.82) is 0 Å². The second-order valence-corrected chi connectivity index (χ2v) is 3.90. The van der Waals surface area contributed by atoms with Crippen LogP contribution in [-0.2, 0) is 11.8 Å². The van der Waals surface area contributed by atoms with Gasteiger partial charge in [0, 0.05) is 7.05 Å². The van der Waals surface area contributed by atoms with Crippen molar-refractivity contribution in [2.45, 2.75) is 19.4 Å². The molecule has 8 nitrogen and oxygen atoms in total. The van der Waals surface area contributed by atoms with Gasteiger partial charge in [0.15, 0.2) is 11.2 Å². The zero-order valence-electron chi connectivity index (χ0n) is 9.88. The Morgan fingerprint density at radius 2 is 2.22 bits per heavy atom. The zero-order valence-corrected chi connectivity index (χ0v) is 9.88. The van der Waals surface area contributed by atoms with Crippen LogP contribution in [0.25, 0.3) is 11.2 Å². The van der Waals surface area contributed by atoms with Crippen LogP contribution in [-0.4, -0.2) is 30.2 Å². The molecule has 0 fully saturated rings. The van der Waals surface area contributed by atoms with Crippen molar-refractivity contribution in [3.63, 3.8) is 0 Å². The Labute approximate surface area is 101 Å². The monoisotopic (exact) mass is 252 g/mol. The maximum absolute atomic E-state index is 11.6. The van der Waals surface area contributed by atoms with Crippen LogP contribution >= 0.6 is 0 Å². The lowest BCUT2D eigenvalue weighted by molar-refractivity contribution is -0.140. The van der Waals surface area contributed by atoms with Crippen LogP contribution in [0.15, 0.2) is 15.9 Å². The number of nitrogens with zero attached hydrogens (tertiary/aromatic N) is 3. The fourth-order valence-corrected chi connectivity index (χ4v) is 1.90. The van der Waals surface area contributed by atoms with E-state index in [4.69, 9.17) is 5.11 Å². The van der Waals surface area contributed by atoms with Crippen molar-refractivity contribution in [2.75, 3.05) is 0 Å². The first-order chi connectivity index (χ1) is 8.47. The first-order valence-corrected chi connectivity index (χ1v) is 5.36. The number of carbonyl (C=O) groups is 1. The normalized spacial score (nSPS) is 12.8. The molecule has 0 aliphatic heterocycles. The molecule has 0 saturated carbocycles. The van der Waals surface area contributed by atoms with Gasteiger partial charge in [0.25, 0.3) is 5.56 Å². The highest BCUT2D eigenvalue weighted by Gasteiger charge is 2.22. The predicted octanol–water partition coefficient (Wildman–Crippen LogP) is -0.541. The first-order valence-electron chi connectivity index (χ1n) is 5.36. The van der Waals surface area contributed by atoms with E-state index in [-0.39, 0.29) is 11.2 Å². The molecule has 0 saturated heterocycles. The number of rotatable bonds is 3. The molecule has 18 heavy (non-hydrogen) atoms. The highest BCUT2D eigenvalue weighted by Crippen LogP contribution is 2.16. The molecule has 0 aliphatic carbocycles. The Morgan fingerprint density at radius 3 is 2.78 bits per heavy atom. The van der Waals surface area contributed by atoms with Crippen LogP contribution in [0.3, 0.4) is 0 Å². The van der Waals surface area contributed by atoms with E-state index in [0.717, 1.165) is 0 Å². The number of carboxylic acid groups (broad SMARTS) is 1. The summed E-state index contributed by atoms with van der Waals surface area (Å²) in [7, 11) is 1.45. The van der Waals surface area contributed by atoms with E-state index in [9.17, 15) is 14.4 Å². The highest BCUT2D eigenvalue weighted by molar-refractivity contribution is 5.76. The lowest BCUT2D eigenvalue weighted by Crippen LogP contribution is -2.30. The molecular formula is C10H12N4O4. The summed E-state index contributed by atoms with van der Waals surface area (Å²) in [6.07, 6.45) is 1.59. The fraction of sp³-hybridized carbons (Fsp3) is 0.400. The molecule has 2 aromatic rings. The molecule has 2 rings (SSSR count). The quantitative estimate of drug-likeness (QED) is 0.762. The summed E-state index contributed by atoms with van der Waals surface area (Å²) in [5.41, 5.74) is -0.962. The number of aromatic amines is 1. The number of aromatic nitrogens is 4. The average Bonchev–Trinajstić information content (AvgIpc) is 2.72. The van der Waals surface area contributed by atoms with Crippen molar-refractivity contribution in [2.24, 2.45) is 7.05 Å². The number of aliphatic carboxylic acids is 1. The van der Waals surface area contributed by atoms with E-state index in [1.165, 1.54) is 22.5 Å². The molecule has 96 valence electrons. The van der Waals surface area contributed by atoms with Crippen LogP contribution in [0.5, 0.6) is 0 Å². The second-order valence-electron chi connectivity index (χ2n) is 3.90. The molecule has 1 atom stereocenters. The number of imidazole rings is 1. The molecule has 0 spiro atoms. The van der Waals surface area contributed by atoms with Crippen molar-refractivity contribution in [3.05, 3.63) is 27.2 Å². The van der Waals surface area contributed by atoms with Gasteiger partial charge in [-0.25, -0.2) is 14.6 Å². The third-order valence-corrected chi connectivity index (χ3v) is 2.83. The standard InChI is InChI=1S/C10H12N4O4/c1-3-5(9(16)17)14-4-11-6-7(15)12-10(18)13(2)8(6)14/h4-5H,3H2,1-2H3,(H,16,17)(H,12,15,18). The average molecular weight is 252 g/mol. The Hall–Kier alpha value is -2.38. The zero-order chi connectivity index (χ0) is 13.4. The van der Waals surface area contributed by atoms with E-state index >= 15 is 0 Å². The molecule has 8 heteroatoms. The lowest BCUT2D eigenvalue weighted by Gasteiger charge is -2.13. The molecule has 0 aliphatic rings. The van der Waals surface area contributed by atoms with Crippen molar-refractivity contribution in [1.82, 2.24) is 19.1 Å². The molecule has 2 heterocycles. The van der Waals surface area contributed by atoms with Gasteiger partial charge in [-0.15, -0.1) is 0 Å². The minimum absolute atomic E-state index is 0.0526. The summed E-state index contributed by atoms with van der Waals surface area (Å²) in [6.45, 7) is 1.70. The topological polar surface area (TPSA) is 110 Å². The number of fused-ring (bicyclic) bond motifs is 1. The molecule has 1 unspecified atom stereocenters. The van der Waals surface area contributed by atoms with Gasteiger partial charge in [-0.2, -0.15) is 0 Å². The Bertz CT molecular complexity index is 724. The SMILES string of the molecule is CCC(C(=O)O)n1cnc2c(=O)[nH]c(=O)n(C)c21. The molecule has 0 radical (unpaired) electrons. The van der Waals surface area contributed by atoms with Crippen LogP contribution in [0.4, 0.5) is 0 Å². The van der Waals surface area contributed by atoms with Gasteiger partial charge in [-0.1, -0.05) is 6.92 Å². The number of nitrogens with one attached hydrogen (secondary N) is 1. The van der Waals surface area contributed by atoms with Crippen molar-refractivity contribution in [3.8, 4) is 0 Å². The van der Waals surface area contributed by atoms with Gasteiger partial charge in [-0.05, 0) is 6.42 Å². The first kappa shape index (κ1) is 12.1. The Kier molecular flexibility index (Phi) is 2.77. The molecule has 2 aromatic heterocycles. The summed E-state index contributed by atoms with van der Waals surface area (Å²) in [6, 6.07) is -0.859. The van der Waals surface area contributed by atoms with Crippen LogP contribution in [0.1, 0.15) is 19.4 Å². The van der Waals surface area contributed by atoms with Crippen LogP contribution < -0.4 is 11.2 Å². The molecular weight excluding hydrogens is 240 g/mol. The van der Waals surface area contributed by atoms with Crippen molar-refractivity contribution >= 4 is 17.1 Å². The van der Waals surface area contributed by atoms with Gasteiger partial charge < -0.3 is 9.67 Å². The van der Waals surface area contributed by atoms with Gasteiger partial charge in [0.2, 0.25) is 0 Å². The van der Waals surface area contributed by atoms with Crippen LogP contribution in [0, 0.1) is 0 Å². The maximum atomic E-state index is 11.6. The molecule has 0 bridgehead atoms. The summed E-state index contributed by atoms with van der Waals surface area (Å²) < 4.78 is 2.50. The summed E-state index contributed by atoms with van der Waals surface area (Å²) >= 11 is 0. The molecule has 0 aromatic carbocycles. The minimum Gasteiger partial charge on any atom is -0.480 e. The summed E-state index contributed by atoms with van der Waals surface area (Å²) in [5.74, 6) is -1.04. The number of aryl methyl sites for hydroxylation is 1. The molecule has 2 N–H and O–H groups in total. The van der Waals surface area contributed by atoms with E-state index in [1.54, 1.807) is 6.92 Å². The maximum Gasteiger partial charge on any atom is 0.329 e. The number of hydrogen-bond donors (Lipinski definition) is 2. The van der Waals surface area contributed by atoms with E-state index < -0.39 is 23.3 Å². The Morgan fingerprint density at radius 1 is 1.56 bits per heavy atom. The van der Waals surface area contributed by atoms with Crippen LogP contribution in [0.2, 0.25) is 0 Å². The third-order valence-electron chi connectivity index (χ3n) is 2.83. The van der Waals surface area contributed by atoms with Gasteiger partial charge in [0.1, 0.15) is 6.04 Å². The van der Waals surface area contributed by atoms with Gasteiger partial charge in [-0.3, -0.25) is 14.3 Å². The van der Waals surface area contributed by atoms with E-state index in [0.29, 0.717) is 6.42 Å². The minimum atomic E-state index is -1.04. The number of H-pyrrole nitrogens is 1. The van der Waals surface area contributed by atoms with Crippen molar-refractivity contribution < 1.29 is 9.90 Å². The summed E-state index contributed by atoms with van der Waals surface area (Å²) in [4.78, 5) is 40.2. The third kappa shape index (κ3) is 1.62. The fourth-order valence-electron chi connectivity index (χ4n) is 1.90. The van der Waals surface area contributed by atoms with Gasteiger partial charge >= 0.3 is 11.7 Å². The largest absolute Gasteiger partial charge is 0.480 e. The van der Waals surface area contributed by atoms with Gasteiger partial charge in [0.05, 0.1) is 6.33 Å².